The third-order valence-corrected chi connectivity index (χ3v) is 4.14. The lowest BCUT2D eigenvalue weighted by Gasteiger charge is -2.12. The number of halogens is 3. The molecule has 0 unspecified atom stereocenters. The molecule has 0 amide bonds. The van der Waals surface area contributed by atoms with Crippen LogP contribution in [0.5, 0.6) is 0 Å². The van der Waals surface area contributed by atoms with E-state index in [9.17, 15) is 13.2 Å². The van der Waals surface area contributed by atoms with Crippen molar-refractivity contribution in [1.82, 2.24) is 25.4 Å². The molecular formula is C19H21F3N6O. The number of hydrogen-bond acceptors (Lipinski definition) is 4. The summed E-state index contributed by atoms with van der Waals surface area (Å²) in [5.74, 6) is 1.98. The molecule has 0 aliphatic heterocycles. The fraction of sp³-hybridized carbons (Fsp3) is 0.316. The number of guanidine groups is 1. The molecule has 2 heterocycles. The summed E-state index contributed by atoms with van der Waals surface area (Å²) in [7, 11) is 1.77. The molecule has 0 aliphatic rings. The number of hydrogen-bond donors (Lipinski definition) is 2. The van der Waals surface area contributed by atoms with Gasteiger partial charge in [0.2, 0.25) is 0 Å². The van der Waals surface area contributed by atoms with Crippen LogP contribution in [0, 0.1) is 0 Å². The van der Waals surface area contributed by atoms with E-state index in [-0.39, 0.29) is 6.54 Å². The van der Waals surface area contributed by atoms with Gasteiger partial charge in [0.1, 0.15) is 17.9 Å². The Morgan fingerprint density at radius 2 is 2.07 bits per heavy atom. The van der Waals surface area contributed by atoms with Gasteiger partial charge in [-0.25, -0.2) is 9.98 Å². The molecule has 1 aromatic carbocycles. The minimum atomic E-state index is -4.38. The number of nitrogens with zero attached hydrogens (tertiary/aromatic N) is 4. The van der Waals surface area contributed by atoms with Gasteiger partial charge < -0.3 is 15.1 Å². The predicted molar refractivity (Wildman–Crippen MR) is 101 cm³/mol. The Bertz CT molecular complexity index is 934. The summed E-state index contributed by atoms with van der Waals surface area (Å²) in [6.07, 6.45) is -0.695. The lowest BCUT2D eigenvalue weighted by atomic mass is 10.1. The van der Waals surface area contributed by atoms with Gasteiger partial charge in [-0.3, -0.25) is 4.68 Å². The smallest absolute Gasteiger partial charge is 0.416 e. The maximum absolute atomic E-state index is 12.9. The molecule has 0 spiro atoms. The van der Waals surface area contributed by atoms with Crippen molar-refractivity contribution in [2.75, 3.05) is 6.54 Å². The molecule has 0 atom stereocenters. The number of aromatic nitrogens is 3. The van der Waals surface area contributed by atoms with E-state index in [0.717, 1.165) is 17.9 Å². The van der Waals surface area contributed by atoms with Gasteiger partial charge in [0.15, 0.2) is 5.96 Å². The van der Waals surface area contributed by atoms with Crippen molar-refractivity contribution in [2.24, 2.45) is 12.0 Å². The van der Waals surface area contributed by atoms with Crippen LogP contribution in [0.15, 0.2) is 58.4 Å². The van der Waals surface area contributed by atoms with E-state index in [2.05, 4.69) is 25.7 Å². The third-order valence-electron chi connectivity index (χ3n) is 4.14. The lowest BCUT2D eigenvalue weighted by Crippen LogP contribution is -2.38. The van der Waals surface area contributed by atoms with E-state index in [1.54, 1.807) is 24.1 Å². The quantitative estimate of drug-likeness (QED) is 0.466. The van der Waals surface area contributed by atoms with Crippen LogP contribution >= 0.6 is 0 Å². The first-order chi connectivity index (χ1) is 13.9. The fourth-order valence-corrected chi connectivity index (χ4v) is 2.59. The van der Waals surface area contributed by atoms with Crippen LogP contribution < -0.4 is 10.6 Å². The largest absolute Gasteiger partial charge is 0.469 e. The molecule has 0 aliphatic carbocycles. The highest BCUT2D eigenvalue weighted by Gasteiger charge is 2.30. The fourth-order valence-electron chi connectivity index (χ4n) is 2.59. The Kier molecular flexibility index (Phi) is 6.53. The molecule has 0 fully saturated rings. The molecular weight excluding hydrogens is 385 g/mol. The zero-order valence-corrected chi connectivity index (χ0v) is 15.8. The lowest BCUT2D eigenvalue weighted by molar-refractivity contribution is -0.137. The highest BCUT2D eigenvalue weighted by molar-refractivity contribution is 5.79. The van der Waals surface area contributed by atoms with Crippen molar-refractivity contribution in [3.63, 3.8) is 0 Å². The Morgan fingerprint density at radius 1 is 1.21 bits per heavy atom. The molecule has 29 heavy (non-hydrogen) atoms. The Labute approximate surface area is 165 Å². The molecule has 10 heteroatoms. The van der Waals surface area contributed by atoms with E-state index in [0.29, 0.717) is 36.9 Å². The first-order valence-electron chi connectivity index (χ1n) is 8.95. The van der Waals surface area contributed by atoms with E-state index in [1.807, 2.05) is 12.1 Å². The maximum atomic E-state index is 12.9. The summed E-state index contributed by atoms with van der Waals surface area (Å²) in [4.78, 5) is 8.54. The molecule has 0 bridgehead atoms. The van der Waals surface area contributed by atoms with Gasteiger partial charge >= 0.3 is 6.18 Å². The molecule has 7 nitrogen and oxygen atoms in total. The number of benzene rings is 1. The van der Waals surface area contributed by atoms with Crippen molar-refractivity contribution in [2.45, 2.75) is 25.7 Å². The SMILES string of the molecule is Cn1ncnc1CNC(=NCc1cccc(C(F)(F)F)c1)NCCc1ccco1. The second-order valence-corrected chi connectivity index (χ2v) is 6.27. The monoisotopic (exact) mass is 406 g/mol. The van der Waals surface area contributed by atoms with Gasteiger partial charge in [-0.2, -0.15) is 18.3 Å². The van der Waals surface area contributed by atoms with Crippen LogP contribution in [0.3, 0.4) is 0 Å². The molecule has 0 radical (unpaired) electrons. The molecule has 2 aromatic heterocycles. The van der Waals surface area contributed by atoms with E-state index in [1.165, 1.54) is 12.4 Å². The van der Waals surface area contributed by atoms with Crippen LogP contribution in [-0.4, -0.2) is 27.3 Å². The maximum Gasteiger partial charge on any atom is 0.416 e. The predicted octanol–water partition coefficient (Wildman–Crippen LogP) is 2.91. The number of furan rings is 1. The van der Waals surface area contributed by atoms with E-state index in [4.69, 9.17) is 4.42 Å². The van der Waals surface area contributed by atoms with Gasteiger partial charge in [-0.1, -0.05) is 12.1 Å². The summed E-state index contributed by atoms with van der Waals surface area (Å²) < 4.78 is 45.6. The molecule has 3 rings (SSSR count). The first kappa shape index (κ1) is 20.4. The standard InChI is InChI=1S/C19H21F3N6O/c1-28-17(26-13-27-28)12-25-18(23-8-7-16-6-3-9-29-16)24-11-14-4-2-5-15(10-14)19(20,21)22/h2-6,9-10,13H,7-8,11-12H2,1H3,(H2,23,24,25). The highest BCUT2D eigenvalue weighted by Crippen LogP contribution is 2.29. The number of rotatable bonds is 7. The van der Waals surface area contributed by atoms with Gasteiger partial charge in [-0.05, 0) is 29.8 Å². The third kappa shape index (κ3) is 6.09. The van der Waals surface area contributed by atoms with Crippen LogP contribution in [0.1, 0.15) is 22.7 Å². The Balaban J connectivity index is 1.66. The van der Waals surface area contributed by atoms with Crippen molar-refractivity contribution < 1.29 is 17.6 Å². The minimum Gasteiger partial charge on any atom is -0.469 e. The van der Waals surface area contributed by atoms with Crippen LogP contribution in [-0.2, 0) is 32.7 Å². The van der Waals surface area contributed by atoms with Crippen molar-refractivity contribution in [3.8, 4) is 0 Å². The Hall–Kier alpha value is -3.30. The van der Waals surface area contributed by atoms with Gasteiger partial charge in [-0.15, -0.1) is 0 Å². The number of alkyl halides is 3. The van der Waals surface area contributed by atoms with E-state index >= 15 is 0 Å². The van der Waals surface area contributed by atoms with Crippen LogP contribution in [0.2, 0.25) is 0 Å². The highest BCUT2D eigenvalue weighted by atomic mass is 19.4. The van der Waals surface area contributed by atoms with E-state index < -0.39 is 11.7 Å². The van der Waals surface area contributed by atoms with Gasteiger partial charge in [0, 0.05) is 20.0 Å². The molecule has 0 saturated heterocycles. The molecule has 2 N–H and O–H groups in total. The topological polar surface area (TPSA) is 80.3 Å². The Morgan fingerprint density at radius 3 is 2.76 bits per heavy atom. The normalized spacial score (nSPS) is 12.2. The zero-order valence-electron chi connectivity index (χ0n) is 15.8. The summed E-state index contributed by atoms with van der Waals surface area (Å²) >= 11 is 0. The number of aryl methyl sites for hydroxylation is 1. The second-order valence-electron chi connectivity index (χ2n) is 6.27. The summed E-state index contributed by atoms with van der Waals surface area (Å²) in [5.41, 5.74) is -0.227. The van der Waals surface area contributed by atoms with Gasteiger partial charge in [0.25, 0.3) is 0 Å². The summed E-state index contributed by atoms with van der Waals surface area (Å²) in [6.45, 7) is 1.01. The van der Waals surface area contributed by atoms with Crippen molar-refractivity contribution in [3.05, 3.63) is 71.7 Å². The average Bonchev–Trinajstić information content (AvgIpc) is 3.35. The summed E-state index contributed by atoms with van der Waals surface area (Å²) in [6, 6.07) is 8.82. The number of nitrogens with one attached hydrogen (secondary N) is 2. The minimum absolute atomic E-state index is 0.0961. The van der Waals surface area contributed by atoms with Crippen molar-refractivity contribution >= 4 is 5.96 Å². The first-order valence-corrected chi connectivity index (χ1v) is 8.95. The average molecular weight is 406 g/mol. The van der Waals surface area contributed by atoms with Crippen LogP contribution in [0.25, 0.3) is 0 Å². The van der Waals surface area contributed by atoms with Crippen LogP contribution in [0.4, 0.5) is 13.2 Å². The summed E-state index contributed by atoms with van der Waals surface area (Å²) in [5, 5.41) is 10.3. The molecule has 3 aromatic rings. The number of aliphatic imine (C=N–C) groups is 1. The molecule has 0 saturated carbocycles. The van der Waals surface area contributed by atoms with Crippen molar-refractivity contribution in [1.29, 1.82) is 0 Å². The van der Waals surface area contributed by atoms with Gasteiger partial charge in [0.05, 0.1) is 24.9 Å². The second kappa shape index (κ2) is 9.26. The molecule has 154 valence electrons. The zero-order chi connectivity index (χ0) is 20.7.